The molecule has 0 saturated carbocycles. The molecule has 0 aliphatic carbocycles. The van der Waals surface area contributed by atoms with E-state index < -0.39 is 0 Å². The van der Waals surface area contributed by atoms with Crippen LogP contribution in [0, 0.1) is 0 Å². The van der Waals surface area contributed by atoms with Crippen LogP contribution in [-0.2, 0) is 9.59 Å². The summed E-state index contributed by atoms with van der Waals surface area (Å²) >= 11 is 1.09. The summed E-state index contributed by atoms with van der Waals surface area (Å²) in [5.41, 5.74) is 0.669. The summed E-state index contributed by atoms with van der Waals surface area (Å²) in [4.78, 5) is 24.6. The van der Waals surface area contributed by atoms with E-state index >= 15 is 0 Å². The van der Waals surface area contributed by atoms with Crippen LogP contribution in [0.25, 0.3) is 11.5 Å². The van der Waals surface area contributed by atoms with Gasteiger partial charge in [0.05, 0.1) is 26.5 Å². The van der Waals surface area contributed by atoms with Gasteiger partial charge in [0, 0.05) is 19.7 Å². The molecule has 1 N–H and O–H groups in total. The van der Waals surface area contributed by atoms with E-state index in [0.29, 0.717) is 23.0 Å². The van der Waals surface area contributed by atoms with Gasteiger partial charge in [-0.15, -0.1) is 10.2 Å². The van der Waals surface area contributed by atoms with Gasteiger partial charge < -0.3 is 24.1 Å². The van der Waals surface area contributed by atoms with E-state index in [4.69, 9.17) is 13.9 Å². The van der Waals surface area contributed by atoms with E-state index in [0.717, 1.165) is 11.8 Å². The Kier molecular flexibility index (Phi) is 6.84. The van der Waals surface area contributed by atoms with Gasteiger partial charge in [0.15, 0.2) is 11.5 Å². The largest absolute Gasteiger partial charge is 0.493 e. The van der Waals surface area contributed by atoms with Crippen molar-refractivity contribution in [1.29, 1.82) is 0 Å². The van der Waals surface area contributed by atoms with Gasteiger partial charge in [-0.2, -0.15) is 0 Å². The number of rotatable bonds is 8. The van der Waals surface area contributed by atoms with Crippen molar-refractivity contribution in [3.8, 4) is 23.0 Å². The van der Waals surface area contributed by atoms with Crippen molar-refractivity contribution >= 4 is 23.6 Å². The molecule has 1 heterocycles. The Morgan fingerprint density at radius 3 is 2.58 bits per heavy atom. The van der Waals surface area contributed by atoms with Crippen LogP contribution in [-0.4, -0.2) is 67.5 Å². The third-order valence-corrected chi connectivity index (χ3v) is 4.12. The second-order valence-corrected chi connectivity index (χ2v) is 6.22. The Morgan fingerprint density at radius 1 is 1.19 bits per heavy atom. The molecular weight excluding hydrogens is 360 g/mol. The van der Waals surface area contributed by atoms with E-state index in [1.54, 1.807) is 39.4 Å². The number of thioether (sulfide) groups is 1. The molecule has 0 spiro atoms. The van der Waals surface area contributed by atoms with E-state index in [1.165, 1.54) is 12.0 Å². The lowest BCUT2D eigenvalue weighted by molar-refractivity contribution is -0.130. The summed E-state index contributed by atoms with van der Waals surface area (Å²) in [7, 11) is 6.33. The number of likely N-dealkylation sites (N-methyl/N-ethyl adjacent to an activating group) is 1. The molecule has 0 aliphatic rings. The number of benzene rings is 1. The number of hydrogen-bond acceptors (Lipinski definition) is 8. The zero-order valence-electron chi connectivity index (χ0n) is 14.9. The predicted molar refractivity (Wildman–Crippen MR) is 95.3 cm³/mol. The third kappa shape index (κ3) is 5.12. The van der Waals surface area contributed by atoms with Gasteiger partial charge in [-0.25, -0.2) is 0 Å². The Labute approximate surface area is 155 Å². The molecule has 9 nitrogen and oxygen atoms in total. The first-order chi connectivity index (χ1) is 12.4. The molecule has 0 atom stereocenters. The normalized spacial score (nSPS) is 10.3. The smallest absolute Gasteiger partial charge is 0.277 e. The molecule has 140 valence electrons. The topological polar surface area (TPSA) is 107 Å². The van der Waals surface area contributed by atoms with Crippen LogP contribution < -0.4 is 14.8 Å². The van der Waals surface area contributed by atoms with Crippen LogP contribution in [0.1, 0.15) is 0 Å². The van der Waals surface area contributed by atoms with Crippen LogP contribution in [0.15, 0.2) is 27.8 Å². The molecule has 0 aliphatic heterocycles. The molecule has 2 rings (SSSR count). The fourth-order valence-electron chi connectivity index (χ4n) is 1.86. The lowest BCUT2D eigenvalue weighted by Crippen LogP contribution is -2.36. The summed E-state index contributed by atoms with van der Waals surface area (Å²) in [5, 5.41) is 10.7. The van der Waals surface area contributed by atoms with Gasteiger partial charge >= 0.3 is 0 Å². The van der Waals surface area contributed by atoms with Crippen molar-refractivity contribution in [2.75, 3.05) is 40.6 Å². The Bertz CT molecular complexity index is 778. The van der Waals surface area contributed by atoms with Crippen molar-refractivity contribution in [3.05, 3.63) is 18.2 Å². The maximum atomic E-state index is 11.8. The number of amides is 2. The molecular formula is C16H20N4O5S. The van der Waals surface area contributed by atoms with Crippen LogP contribution >= 0.6 is 11.8 Å². The first-order valence-corrected chi connectivity index (χ1v) is 8.58. The van der Waals surface area contributed by atoms with Crippen molar-refractivity contribution in [2.24, 2.45) is 0 Å². The number of methoxy groups -OCH3 is 2. The highest BCUT2D eigenvalue weighted by Gasteiger charge is 2.14. The maximum Gasteiger partial charge on any atom is 0.277 e. The summed E-state index contributed by atoms with van der Waals surface area (Å²) in [6.07, 6.45) is 0. The third-order valence-electron chi connectivity index (χ3n) is 3.30. The number of carbonyl (C=O) groups is 2. The molecule has 1 aromatic heterocycles. The quantitative estimate of drug-likeness (QED) is 0.677. The minimum atomic E-state index is -0.295. The minimum Gasteiger partial charge on any atom is -0.493 e. The highest BCUT2D eigenvalue weighted by molar-refractivity contribution is 7.99. The average molecular weight is 380 g/mol. The number of aromatic nitrogens is 2. The second-order valence-electron chi connectivity index (χ2n) is 5.30. The Hall–Kier alpha value is -2.75. The number of nitrogens with one attached hydrogen (secondary N) is 1. The second kappa shape index (κ2) is 9.09. The van der Waals surface area contributed by atoms with E-state index in [1.807, 2.05) is 0 Å². The Morgan fingerprint density at radius 2 is 1.92 bits per heavy atom. The maximum absolute atomic E-state index is 11.8. The van der Waals surface area contributed by atoms with Gasteiger partial charge in [0.1, 0.15) is 0 Å². The Balaban J connectivity index is 1.93. The van der Waals surface area contributed by atoms with Gasteiger partial charge in [0.2, 0.25) is 17.7 Å². The summed E-state index contributed by atoms with van der Waals surface area (Å²) < 4.78 is 16.0. The van der Waals surface area contributed by atoms with Gasteiger partial charge in [-0.05, 0) is 18.2 Å². The zero-order chi connectivity index (χ0) is 19.1. The van der Waals surface area contributed by atoms with Crippen LogP contribution in [0.2, 0.25) is 0 Å². The number of ether oxygens (including phenoxy) is 2. The van der Waals surface area contributed by atoms with E-state index in [9.17, 15) is 9.59 Å². The fourth-order valence-corrected chi connectivity index (χ4v) is 2.46. The highest BCUT2D eigenvalue weighted by Crippen LogP contribution is 2.32. The van der Waals surface area contributed by atoms with Gasteiger partial charge in [-0.3, -0.25) is 9.59 Å². The molecule has 0 bridgehead atoms. The summed E-state index contributed by atoms with van der Waals surface area (Å²) in [6.45, 7) is -0.0485. The predicted octanol–water partition coefficient (Wildman–Crippen LogP) is 1.05. The molecule has 1 aromatic carbocycles. The van der Waals surface area contributed by atoms with Gasteiger partial charge in [-0.1, -0.05) is 11.8 Å². The minimum absolute atomic E-state index is 0.0485. The zero-order valence-corrected chi connectivity index (χ0v) is 15.8. The lowest BCUT2D eigenvalue weighted by Gasteiger charge is -2.10. The van der Waals surface area contributed by atoms with Gasteiger partial charge in [0.25, 0.3) is 5.22 Å². The summed E-state index contributed by atoms with van der Waals surface area (Å²) in [6, 6.07) is 5.23. The number of hydrogen-bond donors (Lipinski definition) is 1. The molecule has 0 unspecified atom stereocenters. The first-order valence-electron chi connectivity index (χ1n) is 7.60. The van der Waals surface area contributed by atoms with Crippen LogP contribution in [0.3, 0.4) is 0 Å². The SMILES string of the molecule is COc1ccc(-c2nnc(SCC(=O)NCC(=O)N(C)C)o2)cc1OC. The fraction of sp³-hybridized carbons (Fsp3) is 0.375. The molecule has 26 heavy (non-hydrogen) atoms. The highest BCUT2D eigenvalue weighted by atomic mass is 32.2. The van der Waals surface area contributed by atoms with Crippen molar-refractivity contribution in [3.63, 3.8) is 0 Å². The first kappa shape index (κ1) is 19.6. The molecule has 10 heteroatoms. The molecule has 2 aromatic rings. The van der Waals surface area contributed by atoms with E-state index in [2.05, 4.69) is 15.5 Å². The number of nitrogens with zero attached hydrogens (tertiary/aromatic N) is 3. The molecule has 0 radical (unpaired) electrons. The molecule has 2 amide bonds. The molecule has 0 fully saturated rings. The van der Waals surface area contributed by atoms with Crippen molar-refractivity contribution in [2.45, 2.75) is 5.22 Å². The van der Waals surface area contributed by atoms with Crippen LogP contribution in [0.4, 0.5) is 0 Å². The standard InChI is InChI=1S/C16H20N4O5S/c1-20(2)14(22)8-17-13(21)9-26-16-19-18-15(25-16)10-5-6-11(23-3)12(7-10)24-4/h5-7H,8-9H2,1-4H3,(H,17,21). The molecule has 0 saturated heterocycles. The van der Waals surface area contributed by atoms with Crippen LogP contribution in [0.5, 0.6) is 11.5 Å². The van der Waals surface area contributed by atoms with E-state index in [-0.39, 0.29) is 29.3 Å². The average Bonchev–Trinajstić information content (AvgIpc) is 3.12. The van der Waals surface area contributed by atoms with Crippen molar-refractivity contribution < 1.29 is 23.5 Å². The summed E-state index contributed by atoms with van der Waals surface area (Å²) in [5.74, 6) is 1.02. The lowest BCUT2D eigenvalue weighted by atomic mass is 10.2. The monoisotopic (exact) mass is 380 g/mol. The number of carbonyl (C=O) groups excluding carboxylic acids is 2. The van der Waals surface area contributed by atoms with Crippen molar-refractivity contribution in [1.82, 2.24) is 20.4 Å².